The van der Waals surface area contributed by atoms with Crippen molar-refractivity contribution in [1.82, 2.24) is 10.7 Å². The van der Waals surface area contributed by atoms with Crippen LogP contribution in [0.15, 0.2) is 39.7 Å². The van der Waals surface area contributed by atoms with E-state index in [1.807, 2.05) is 0 Å². The van der Waals surface area contributed by atoms with Gasteiger partial charge in [0.25, 0.3) is 0 Å². The molecule has 0 saturated carbocycles. The van der Waals surface area contributed by atoms with Crippen molar-refractivity contribution in [2.24, 2.45) is 5.10 Å². The molecule has 0 amide bonds. The predicted octanol–water partition coefficient (Wildman–Crippen LogP) is 0.698. The Bertz CT molecular complexity index is 607. The van der Waals surface area contributed by atoms with E-state index in [4.69, 9.17) is 16.6 Å². The number of nitrogens with zero attached hydrogens (tertiary/aromatic N) is 1. The molecular formula is C13H15N3O5S. The first kappa shape index (κ1) is 17.4. The van der Waals surface area contributed by atoms with Gasteiger partial charge in [0, 0.05) is 0 Å². The SMILES string of the molecule is COC(=O)/C=C(\NC(=S)N/N=C(\C)c1ccco1)C(=O)OC. The van der Waals surface area contributed by atoms with E-state index in [9.17, 15) is 9.59 Å². The number of esters is 2. The average molecular weight is 325 g/mol. The molecule has 0 aliphatic heterocycles. The van der Waals surface area contributed by atoms with E-state index in [2.05, 4.69) is 25.3 Å². The Hall–Kier alpha value is -2.68. The summed E-state index contributed by atoms with van der Waals surface area (Å²) >= 11 is 4.97. The molecule has 0 radical (unpaired) electrons. The number of thiocarbonyl (C=S) groups is 1. The van der Waals surface area contributed by atoms with Gasteiger partial charge in [0.05, 0.1) is 26.6 Å². The molecule has 2 N–H and O–H groups in total. The van der Waals surface area contributed by atoms with E-state index in [-0.39, 0.29) is 10.8 Å². The van der Waals surface area contributed by atoms with Gasteiger partial charge in [-0.05, 0) is 31.3 Å². The minimum absolute atomic E-state index is 0.00791. The second-order valence-corrected chi connectivity index (χ2v) is 4.22. The van der Waals surface area contributed by atoms with Gasteiger partial charge in [-0.1, -0.05) is 0 Å². The Morgan fingerprint density at radius 3 is 2.64 bits per heavy atom. The van der Waals surface area contributed by atoms with Gasteiger partial charge in [0.2, 0.25) is 0 Å². The molecule has 1 rings (SSSR count). The molecule has 9 heteroatoms. The zero-order valence-corrected chi connectivity index (χ0v) is 13.0. The van der Waals surface area contributed by atoms with E-state index in [0.29, 0.717) is 11.5 Å². The average Bonchev–Trinajstić information content (AvgIpc) is 3.05. The zero-order chi connectivity index (χ0) is 16.5. The molecular weight excluding hydrogens is 310 g/mol. The van der Waals surface area contributed by atoms with Crippen LogP contribution in [0, 0.1) is 0 Å². The summed E-state index contributed by atoms with van der Waals surface area (Å²) in [5.74, 6) is -0.944. The minimum atomic E-state index is -0.777. The fraction of sp³-hybridized carbons (Fsp3) is 0.231. The van der Waals surface area contributed by atoms with E-state index >= 15 is 0 Å². The molecule has 0 bridgehead atoms. The highest BCUT2D eigenvalue weighted by Crippen LogP contribution is 2.01. The van der Waals surface area contributed by atoms with Gasteiger partial charge in [-0.2, -0.15) is 5.10 Å². The number of hydrogen-bond acceptors (Lipinski definition) is 7. The van der Waals surface area contributed by atoms with E-state index < -0.39 is 11.9 Å². The van der Waals surface area contributed by atoms with Crippen molar-refractivity contribution in [2.75, 3.05) is 14.2 Å². The smallest absolute Gasteiger partial charge is 0.354 e. The lowest BCUT2D eigenvalue weighted by molar-refractivity contribution is -0.138. The summed E-state index contributed by atoms with van der Waals surface area (Å²) < 4.78 is 14.1. The van der Waals surface area contributed by atoms with E-state index in [1.54, 1.807) is 19.1 Å². The van der Waals surface area contributed by atoms with Crippen LogP contribution in [0.1, 0.15) is 12.7 Å². The minimum Gasteiger partial charge on any atom is -0.466 e. The second-order valence-electron chi connectivity index (χ2n) is 3.81. The fourth-order valence-corrected chi connectivity index (χ4v) is 1.41. The van der Waals surface area contributed by atoms with Crippen molar-refractivity contribution in [3.63, 3.8) is 0 Å². The zero-order valence-electron chi connectivity index (χ0n) is 12.2. The van der Waals surface area contributed by atoms with Gasteiger partial charge in [0.15, 0.2) is 5.11 Å². The Kier molecular flexibility index (Phi) is 6.77. The number of carbonyl (C=O) groups excluding carboxylic acids is 2. The number of methoxy groups -OCH3 is 2. The number of carbonyl (C=O) groups is 2. The number of hydrazone groups is 1. The molecule has 118 valence electrons. The lowest BCUT2D eigenvalue weighted by atomic mass is 10.3. The quantitative estimate of drug-likeness (QED) is 0.268. The van der Waals surface area contributed by atoms with Gasteiger partial charge in [0.1, 0.15) is 17.2 Å². The largest absolute Gasteiger partial charge is 0.466 e. The first-order valence-corrected chi connectivity index (χ1v) is 6.42. The maximum atomic E-state index is 11.5. The Balaban J connectivity index is 2.71. The highest BCUT2D eigenvalue weighted by Gasteiger charge is 2.13. The van der Waals surface area contributed by atoms with Crippen molar-refractivity contribution >= 4 is 35.0 Å². The Morgan fingerprint density at radius 1 is 1.36 bits per heavy atom. The van der Waals surface area contributed by atoms with Gasteiger partial charge >= 0.3 is 11.9 Å². The fourth-order valence-electron chi connectivity index (χ4n) is 1.26. The summed E-state index contributed by atoms with van der Waals surface area (Å²) in [5.41, 5.74) is 2.88. The highest BCUT2D eigenvalue weighted by atomic mass is 32.1. The molecule has 1 aromatic rings. The van der Waals surface area contributed by atoms with Crippen LogP contribution in [0.5, 0.6) is 0 Å². The van der Waals surface area contributed by atoms with Crippen molar-refractivity contribution < 1.29 is 23.5 Å². The summed E-state index contributed by atoms with van der Waals surface area (Å²) in [4.78, 5) is 22.7. The summed E-state index contributed by atoms with van der Waals surface area (Å²) in [6, 6.07) is 3.45. The van der Waals surface area contributed by atoms with Crippen molar-refractivity contribution in [2.45, 2.75) is 6.92 Å². The summed E-state index contributed by atoms with van der Waals surface area (Å²) in [7, 11) is 2.35. The van der Waals surface area contributed by atoms with Crippen molar-refractivity contribution in [3.8, 4) is 0 Å². The van der Waals surface area contributed by atoms with Gasteiger partial charge in [-0.3, -0.25) is 5.43 Å². The molecule has 0 aliphatic carbocycles. The molecule has 22 heavy (non-hydrogen) atoms. The molecule has 8 nitrogen and oxygen atoms in total. The van der Waals surface area contributed by atoms with Crippen molar-refractivity contribution in [3.05, 3.63) is 35.9 Å². The summed E-state index contributed by atoms with van der Waals surface area (Å²) in [5, 5.41) is 6.47. The van der Waals surface area contributed by atoms with Crippen LogP contribution in [-0.4, -0.2) is 37.0 Å². The Morgan fingerprint density at radius 2 is 2.09 bits per heavy atom. The normalized spacial score (nSPS) is 11.6. The van der Waals surface area contributed by atoms with Crippen molar-refractivity contribution in [1.29, 1.82) is 0 Å². The maximum absolute atomic E-state index is 11.5. The highest BCUT2D eigenvalue weighted by molar-refractivity contribution is 7.80. The van der Waals surface area contributed by atoms with Crippen LogP contribution in [-0.2, 0) is 19.1 Å². The van der Waals surface area contributed by atoms with Gasteiger partial charge in [-0.25, -0.2) is 9.59 Å². The number of nitrogens with one attached hydrogen (secondary N) is 2. The Labute approximate surface area is 132 Å². The first-order chi connectivity index (χ1) is 10.5. The van der Waals surface area contributed by atoms with Crippen LogP contribution in [0.2, 0.25) is 0 Å². The number of rotatable bonds is 5. The van der Waals surface area contributed by atoms with Crippen LogP contribution < -0.4 is 10.7 Å². The molecule has 0 fully saturated rings. The molecule has 0 atom stereocenters. The van der Waals surface area contributed by atoms with E-state index in [1.165, 1.54) is 20.5 Å². The lowest BCUT2D eigenvalue weighted by Gasteiger charge is -2.09. The van der Waals surface area contributed by atoms with Gasteiger partial charge < -0.3 is 19.2 Å². The molecule has 0 saturated heterocycles. The monoisotopic (exact) mass is 325 g/mol. The maximum Gasteiger partial charge on any atom is 0.354 e. The third-order valence-corrected chi connectivity index (χ3v) is 2.51. The number of furan rings is 1. The number of ether oxygens (including phenoxy) is 2. The predicted molar refractivity (Wildman–Crippen MR) is 81.9 cm³/mol. The van der Waals surface area contributed by atoms with Crippen LogP contribution in [0.4, 0.5) is 0 Å². The third-order valence-electron chi connectivity index (χ3n) is 2.32. The summed E-state index contributed by atoms with van der Waals surface area (Å²) in [6.07, 6.45) is 2.43. The molecule has 0 spiro atoms. The summed E-state index contributed by atoms with van der Waals surface area (Å²) in [6.45, 7) is 1.71. The molecule has 0 unspecified atom stereocenters. The second kappa shape index (κ2) is 8.57. The first-order valence-electron chi connectivity index (χ1n) is 6.01. The van der Waals surface area contributed by atoms with E-state index in [0.717, 1.165) is 6.08 Å². The van der Waals surface area contributed by atoms with Crippen LogP contribution in [0.25, 0.3) is 0 Å². The third kappa shape index (κ3) is 5.37. The number of hydrogen-bond donors (Lipinski definition) is 2. The standard InChI is InChI=1S/C13H15N3O5S/c1-8(10-5-4-6-21-10)15-16-13(22)14-9(12(18)20-3)7-11(17)19-2/h4-7H,1-3H3,(H2,14,16,22)/b9-7-,15-8+. The van der Waals surface area contributed by atoms with Crippen LogP contribution in [0.3, 0.4) is 0 Å². The van der Waals surface area contributed by atoms with Gasteiger partial charge in [-0.15, -0.1) is 0 Å². The molecule has 1 aromatic heterocycles. The topological polar surface area (TPSA) is 102 Å². The molecule has 1 heterocycles. The lowest BCUT2D eigenvalue weighted by Crippen LogP contribution is -2.35. The molecule has 0 aromatic carbocycles. The van der Waals surface area contributed by atoms with Crippen LogP contribution >= 0.6 is 12.2 Å². The molecule has 0 aliphatic rings.